The van der Waals surface area contributed by atoms with E-state index >= 15 is 0 Å². The Labute approximate surface area is 138 Å². The van der Waals surface area contributed by atoms with Crippen molar-refractivity contribution in [3.05, 3.63) is 65.2 Å². The largest absolute Gasteiger partial charge is 0.484 e. The Morgan fingerprint density at radius 1 is 1.17 bits per heavy atom. The van der Waals surface area contributed by atoms with E-state index in [9.17, 15) is 18.0 Å². The number of nitrogens with one attached hydrogen (secondary N) is 1. The van der Waals surface area contributed by atoms with Gasteiger partial charge in [-0.3, -0.25) is 4.79 Å². The lowest BCUT2D eigenvalue weighted by atomic mass is 10.0. The van der Waals surface area contributed by atoms with Crippen LogP contribution in [-0.4, -0.2) is 12.5 Å². The van der Waals surface area contributed by atoms with E-state index < -0.39 is 23.7 Å². The Morgan fingerprint density at radius 2 is 1.83 bits per heavy atom. The van der Waals surface area contributed by atoms with Crippen molar-refractivity contribution < 1.29 is 22.7 Å². The SMILES string of the molecule is Cc1ccc(OCC(=O)NC(C)c2cccc(C(F)(F)F)c2)cc1. The number of hydrogen-bond donors (Lipinski definition) is 1. The van der Waals surface area contributed by atoms with Gasteiger partial charge >= 0.3 is 6.18 Å². The predicted molar refractivity (Wildman–Crippen MR) is 84.7 cm³/mol. The summed E-state index contributed by atoms with van der Waals surface area (Å²) in [6.45, 7) is 3.36. The molecule has 3 nitrogen and oxygen atoms in total. The number of halogens is 3. The highest BCUT2D eigenvalue weighted by Crippen LogP contribution is 2.30. The fourth-order valence-electron chi connectivity index (χ4n) is 2.13. The molecule has 0 bridgehead atoms. The Bertz CT molecular complexity index is 696. The van der Waals surface area contributed by atoms with Crippen LogP contribution in [0.2, 0.25) is 0 Å². The molecule has 0 aliphatic heterocycles. The van der Waals surface area contributed by atoms with Crippen molar-refractivity contribution in [3.8, 4) is 5.75 Å². The number of amides is 1. The van der Waals surface area contributed by atoms with Gasteiger partial charge in [-0.15, -0.1) is 0 Å². The number of benzene rings is 2. The molecule has 0 saturated carbocycles. The first-order valence-electron chi connectivity index (χ1n) is 7.41. The molecule has 0 heterocycles. The maximum atomic E-state index is 12.7. The van der Waals surface area contributed by atoms with Crippen LogP contribution in [0, 0.1) is 6.92 Å². The number of ether oxygens (including phenoxy) is 1. The average molecular weight is 337 g/mol. The van der Waals surface area contributed by atoms with Crippen LogP contribution in [-0.2, 0) is 11.0 Å². The lowest BCUT2D eigenvalue weighted by Gasteiger charge is -2.16. The first-order chi connectivity index (χ1) is 11.3. The zero-order chi connectivity index (χ0) is 17.7. The molecule has 0 aliphatic rings. The molecule has 24 heavy (non-hydrogen) atoms. The minimum Gasteiger partial charge on any atom is -0.484 e. The van der Waals surface area contributed by atoms with Crippen molar-refractivity contribution in [1.82, 2.24) is 5.32 Å². The van der Waals surface area contributed by atoms with Gasteiger partial charge in [-0.05, 0) is 43.7 Å². The van der Waals surface area contributed by atoms with Crippen LogP contribution in [0.1, 0.15) is 29.7 Å². The molecule has 0 aromatic heterocycles. The van der Waals surface area contributed by atoms with Gasteiger partial charge in [0.1, 0.15) is 5.75 Å². The van der Waals surface area contributed by atoms with Gasteiger partial charge in [-0.1, -0.05) is 29.8 Å². The zero-order valence-corrected chi connectivity index (χ0v) is 13.4. The fraction of sp³-hybridized carbons (Fsp3) is 0.278. The van der Waals surface area contributed by atoms with Gasteiger partial charge in [-0.25, -0.2) is 0 Å². The molecular formula is C18H18F3NO2. The van der Waals surface area contributed by atoms with Gasteiger partial charge in [0.15, 0.2) is 6.61 Å². The number of rotatable bonds is 5. The topological polar surface area (TPSA) is 38.3 Å². The minimum atomic E-state index is -4.41. The molecule has 2 aromatic rings. The third kappa shape index (κ3) is 5.01. The van der Waals surface area contributed by atoms with Gasteiger partial charge in [0.2, 0.25) is 0 Å². The van der Waals surface area contributed by atoms with Gasteiger partial charge in [0.05, 0.1) is 11.6 Å². The lowest BCUT2D eigenvalue weighted by molar-refractivity contribution is -0.137. The van der Waals surface area contributed by atoms with Gasteiger partial charge in [-0.2, -0.15) is 13.2 Å². The van der Waals surface area contributed by atoms with E-state index in [1.165, 1.54) is 6.07 Å². The molecule has 0 spiro atoms. The maximum absolute atomic E-state index is 12.7. The second kappa shape index (κ2) is 7.38. The van der Waals surface area contributed by atoms with Crippen molar-refractivity contribution in [1.29, 1.82) is 0 Å². The van der Waals surface area contributed by atoms with E-state index in [0.717, 1.165) is 17.7 Å². The molecule has 1 N–H and O–H groups in total. The second-order valence-electron chi connectivity index (χ2n) is 5.51. The summed E-state index contributed by atoms with van der Waals surface area (Å²) < 4.78 is 43.5. The van der Waals surface area contributed by atoms with Crippen LogP contribution < -0.4 is 10.1 Å². The van der Waals surface area contributed by atoms with Crippen LogP contribution in [0.4, 0.5) is 13.2 Å². The van der Waals surface area contributed by atoms with E-state index in [2.05, 4.69) is 5.32 Å². The zero-order valence-electron chi connectivity index (χ0n) is 13.4. The van der Waals surface area contributed by atoms with Crippen molar-refractivity contribution in [2.75, 3.05) is 6.61 Å². The van der Waals surface area contributed by atoms with Crippen LogP contribution in [0.25, 0.3) is 0 Å². The van der Waals surface area contributed by atoms with Gasteiger partial charge < -0.3 is 10.1 Å². The first kappa shape index (κ1) is 17.8. The molecule has 128 valence electrons. The summed E-state index contributed by atoms with van der Waals surface area (Å²) in [5, 5.41) is 2.63. The summed E-state index contributed by atoms with van der Waals surface area (Å²) in [7, 11) is 0. The first-order valence-corrected chi connectivity index (χ1v) is 7.41. The van der Waals surface area contributed by atoms with Crippen LogP contribution in [0.3, 0.4) is 0 Å². The molecule has 2 rings (SSSR count). The summed E-state index contributed by atoms with van der Waals surface area (Å²) in [6, 6.07) is 11.6. The Kier molecular flexibility index (Phi) is 5.49. The molecule has 0 aliphatic carbocycles. The van der Waals surface area contributed by atoms with Gasteiger partial charge in [0.25, 0.3) is 5.91 Å². The second-order valence-corrected chi connectivity index (χ2v) is 5.51. The number of carbonyl (C=O) groups excluding carboxylic acids is 1. The Morgan fingerprint density at radius 3 is 2.46 bits per heavy atom. The van der Waals surface area contributed by atoms with Crippen molar-refractivity contribution in [2.45, 2.75) is 26.1 Å². The molecule has 1 unspecified atom stereocenters. The van der Waals surface area contributed by atoms with Crippen LogP contribution in [0.15, 0.2) is 48.5 Å². The summed E-state index contributed by atoms with van der Waals surface area (Å²) in [5.41, 5.74) is 0.718. The normalized spacial score (nSPS) is 12.5. The number of alkyl halides is 3. The number of aryl methyl sites for hydroxylation is 1. The standard InChI is InChI=1S/C18H18F3NO2/c1-12-6-8-16(9-7-12)24-11-17(23)22-13(2)14-4-3-5-15(10-14)18(19,20)21/h3-10,13H,11H2,1-2H3,(H,22,23). The molecule has 0 saturated heterocycles. The van der Waals surface area contributed by atoms with E-state index in [1.54, 1.807) is 25.1 Å². The smallest absolute Gasteiger partial charge is 0.416 e. The maximum Gasteiger partial charge on any atom is 0.416 e. The Hall–Kier alpha value is -2.50. The monoisotopic (exact) mass is 337 g/mol. The highest BCUT2D eigenvalue weighted by Gasteiger charge is 2.30. The minimum absolute atomic E-state index is 0.202. The highest BCUT2D eigenvalue weighted by molar-refractivity contribution is 5.78. The predicted octanol–water partition coefficient (Wildman–Crippen LogP) is 4.27. The molecular weight excluding hydrogens is 319 g/mol. The van der Waals surface area contributed by atoms with E-state index in [-0.39, 0.29) is 6.61 Å². The number of carbonyl (C=O) groups is 1. The quantitative estimate of drug-likeness (QED) is 0.885. The third-order valence-electron chi connectivity index (χ3n) is 3.48. The fourth-order valence-corrected chi connectivity index (χ4v) is 2.13. The summed E-state index contributed by atoms with van der Waals surface area (Å²) in [4.78, 5) is 11.9. The summed E-state index contributed by atoms with van der Waals surface area (Å²) >= 11 is 0. The van der Waals surface area contributed by atoms with Crippen LogP contribution >= 0.6 is 0 Å². The molecule has 1 atom stereocenters. The van der Waals surface area contributed by atoms with E-state index in [4.69, 9.17) is 4.74 Å². The summed E-state index contributed by atoms with van der Waals surface area (Å²) in [5.74, 6) is 0.156. The van der Waals surface area contributed by atoms with Crippen LogP contribution in [0.5, 0.6) is 5.75 Å². The molecule has 1 amide bonds. The summed E-state index contributed by atoms with van der Waals surface area (Å²) in [6.07, 6.45) is -4.41. The van der Waals surface area contributed by atoms with Gasteiger partial charge in [0, 0.05) is 0 Å². The molecule has 0 radical (unpaired) electrons. The molecule has 2 aromatic carbocycles. The lowest BCUT2D eigenvalue weighted by Crippen LogP contribution is -2.31. The third-order valence-corrected chi connectivity index (χ3v) is 3.48. The average Bonchev–Trinajstić information content (AvgIpc) is 2.53. The number of hydrogen-bond acceptors (Lipinski definition) is 2. The molecule has 6 heteroatoms. The highest BCUT2D eigenvalue weighted by atomic mass is 19.4. The van der Waals surface area contributed by atoms with Crippen molar-refractivity contribution >= 4 is 5.91 Å². The van der Waals surface area contributed by atoms with E-state index in [0.29, 0.717) is 11.3 Å². The Balaban J connectivity index is 1.92. The van der Waals surface area contributed by atoms with E-state index in [1.807, 2.05) is 19.1 Å². The van der Waals surface area contributed by atoms with Crippen molar-refractivity contribution in [3.63, 3.8) is 0 Å². The van der Waals surface area contributed by atoms with Crippen molar-refractivity contribution in [2.24, 2.45) is 0 Å². The molecule has 0 fully saturated rings.